The van der Waals surface area contributed by atoms with E-state index in [1.54, 1.807) is 6.92 Å². The summed E-state index contributed by atoms with van der Waals surface area (Å²) in [6.45, 7) is -0.325. The standard InChI is InChI=1S/C36H35F3N2O6S/c1-23-7-14-28(15-8-23)48(46,47)40(21-30-31(37)17-18-32(38)35(30)39)22-34(43)41(27-13-16-29(36(44)45)33(42)19-27)20-24-9-11-26(12-10-24)25-5-3-2-4-6-25/h7-19,25,42H,2-6,20-22H2,1H3,(H,44,45). The van der Waals surface area contributed by atoms with E-state index in [0.29, 0.717) is 27.9 Å². The van der Waals surface area contributed by atoms with Crippen LogP contribution in [0.1, 0.15) is 70.6 Å². The number of rotatable bonds is 11. The Morgan fingerprint density at radius 2 is 1.48 bits per heavy atom. The molecule has 12 heteroatoms. The highest BCUT2D eigenvalue weighted by Crippen LogP contribution is 2.33. The lowest BCUT2D eigenvalue weighted by molar-refractivity contribution is -0.119. The Balaban J connectivity index is 1.53. The molecule has 0 aliphatic heterocycles. The first-order valence-corrected chi connectivity index (χ1v) is 16.9. The van der Waals surface area contributed by atoms with Crippen LogP contribution in [0.25, 0.3) is 0 Å². The van der Waals surface area contributed by atoms with Crippen molar-refractivity contribution in [2.75, 3.05) is 11.4 Å². The summed E-state index contributed by atoms with van der Waals surface area (Å²) >= 11 is 0. The van der Waals surface area contributed by atoms with Crippen molar-refractivity contribution in [1.29, 1.82) is 0 Å². The number of carbonyl (C=O) groups is 2. The molecule has 0 aromatic heterocycles. The first-order valence-electron chi connectivity index (χ1n) is 15.5. The SMILES string of the molecule is Cc1ccc(S(=O)(=O)N(CC(=O)N(Cc2ccc(C3CCCCC3)cc2)c2ccc(C(=O)O)c(O)c2)Cc2c(F)ccc(F)c2F)cc1. The second-order valence-corrected chi connectivity index (χ2v) is 13.9. The van der Waals surface area contributed by atoms with E-state index in [9.17, 15) is 41.4 Å². The average molecular weight is 681 g/mol. The summed E-state index contributed by atoms with van der Waals surface area (Å²) in [5.41, 5.74) is 1.31. The number of carbonyl (C=O) groups excluding carboxylic acids is 1. The van der Waals surface area contributed by atoms with E-state index in [1.165, 1.54) is 36.8 Å². The number of anilines is 1. The van der Waals surface area contributed by atoms with Gasteiger partial charge in [-0.05, 0) is 73.2 Å². The van der Waals surface area contributed by atoms with E-state index < -0.39 is 69.3 Å². The predicted molar refractivity (Wildman–Crippen MR) is 174 cm³/mol. The number of benzene rings is 4. The first kappa shape index (κ1) is 34.6. The van der Waals surface area contributed by atoms with Crippen molar-refractivity contribution in [2.24, 2.45) is 0 Å². The summed E-state index contributed by atoms with van der Waals surface area (Å²) in [7, 11) is -4.59. The highest BCUT2D eigenvalue weighted by Gasteiger charge is 2.32. The molecule has 5 rings (SSSR count). The largest absolute Gasteiger partial charge is 0.507 e. The Bertz CT molecular complexity index is 1910. The summed E-state index contributed by atoms with van der Waals surface area (Å²) in [5.74, 6) is -6.64. The molecule has 4 aromatic carbocycles. The average Bonchev–Trinajstić information content (AvgIpc) is 3.07. The minimum atomic E-state index is -4.59. The monoisotopic (exact) mass is 680 g/mol. The Morgan fingerprint density at radius 3 is 2.10 bits per heavy atom. The highest BCUT2D eigenvalue weighted by molar-refractivity contribution is 7.89. The molecule has 0 heterocycles. The highest BCUT2D eigenvalue weighted by atomic mass is 32.2. The zero-order chi connectivity index (χ0) is 34.6. The molecule has 0 bridgehead atoms. The third-order valence-corrected chi connectivity index (χ3v) is 10.5. The molecule has 0 radical (unpaired) electrons. The number of sulfonamides is 1. The van der Waals surface area contributed by atoms with Gasteiger partial charge in [0.2, 0.25) is 15.9 Å². The van der Waals surface area contributed by atoms with E-state index in [1.807, 2.05) is 24.3 Å². The minimum absolute atomic E-state index is 0.0506. The van der Waals surface area contributed by atoms with Crippen molar-refractivity contribution in [3.63, 3.8) is 0 Å². The van der Waals surface area contributed by atoms with Gasteiger partial charge in [-0.3, -0.25) is 4.79 Å². The van der Waals surface area contributed by atoms with Crippen molar-refractivity contribution >= 4 is 27.6 Å². The van der Waals surface area contributed by atoms with Gasteiger partial charge in [0.05, 0.1) is 18.0 Å². The molecule has 4 aromatic rings. The summed E-state index contributed by atoms with van der Waals surface area (Å²) in [6.07, 6.45) is 5.66. The molecule has 8 nitrogen and oxygen atoms in total. The lowest BCUT2D eigenvalue weighted by Gasteiger charge is -2.28. The van der Waals surface area contributed by atoms with Gasteiger partial charge in [-0.15, -0.1) is 0 Å². The maximum absolute atomic E-state index is 14.8. The molecule has 1 saturated carbocycles. The first-order chi connectivity index (χ1) is 22.8. The van der Waals surface area contributed by atoms with Gasteiger partial charge in [0.15, 0.2) is 11.6 Å². The lowest BCUT2D eigenvalue weighted by Crippen LogP contribution is -2.42. The molecule has 0 saturated heterocycles. The van der Waals surface area contributed by atoms with Crippen molar-refractivity contribution in [3.8, 4) is 5.75 Å². The topological polar surface area (TPSA) is 115 Å². The van der Waals surface area contributed by atoms with Crippen LogP contribution in [-0.4, -0.2) is 41.4 Å². The van der Waals surface area contributed by atoms with Crippen LogP contribution >= 0.6 is 0 Å². The van der Waals surface area contributed by atoms with Crippen LogP contribution in [-0.2, 0) is 27.9 Å². The Kier molecular flexibility index (Phi) is 10.5. The number of nitrogens with zero attached hydrogens (tertiary/aromatic N) is 2. The number of carboxylic acids is 1. The predicted octanol–water partition coefficient (Wildman–Crippen LogP) is 7.29. The summed E-state index contributed by atoms with van der Waals surface area (Å²) in [5, 5.41) is 19.9. The van der Waals surface area contributed by atoms with Gasteiger partial charge in [0.25, 0.3) is 0 Å². The Labute approximate surface area is 277 Å². The quantitative estimate of drug-likeness (QED) is 0.161. The van der Waals surface area contributed by atoms with E-state index in [-0.39, 0.29) is 17.1 Å². The number of hydrogen-bond acceptors (Lipinski definition) is 5. The maximum atomic E-state index is 14.8. The van der Waals surface area contributed by atoms with Crippen molar-refractivity contribution < 1.29 is 41.4 Å². The zero-order valence-corrected chi connectivity index (χ0v) is 27.0. The van der Waals surface area contributed by atoms with Gasteiger partial charge in [-0.25, -0.2) is 26.4 Å². The van der Waals surface area contributed by atoms with E-state index >= 15 is 0 Å². The molecule has 0 unspecified atom stereocenters. The summed E-state index contributed by atoms with van der Waals surface area (Å²) in [4.78, 5) is 26.6. The lowest BCUT2D eigenvalue weighted by atomic mass is 9.84. The molecule has 48 heavy (non-hydrogen) atoms. The molecular weight excluding hydrogens is 645 g/mol. The fourth-order valence-corrected chi connectivity index (χ4v) is 7.28. The molecular formula is C36H35F3N2O6S. The molecule has 0 spiro atoms. The van der Waals surface area contributed by atoms with Gasteiger partial charge < -0.3 is 15.1 Å². The van der Waals surface area contributed by atoms with Crippen molar-refractivity contribution in [3.05, 3.63) is 124 Å². The normalized spacial score (nSPS) is 13.9. The Morgan fingerprint density at radius 1 is 0.833 bits per heavy atom. The second kappa shape index (κ2) is 14.6. The molecule has 1 amide bonds. The van der Waals surface area contributed by atoms with E-state index in [4.69, 9.17) is 0 Å². The Hall–Kier alpha value is -4.68. The number of phenols is 1. The summed E-state index contributed by atoms with van der Waals surface area (Å²) < 4.78 is 72.1. The maximum Gasteiger partial charge on any atom is 0.339 e. The van der Waals surface area contributed by atoms with E-state index in [0.717, 1.165) is 53.8 Å². The van der Waals surface area contributed by atoms with Crippen LogP contribution in [0.2, 0.25) is 0 Å². The van der Waals surface area contributed by atoms with Crippen LogP contribution in [0.3, 0.4) is 0 Å². The number of aryl methyl sites for hydroxylation is 1. The van der Waals surface area contributed by atoms with Crippen molar-refractivity contribution in [2.45, 2.75) is 62.9 Å². The molecule has 1 aliphatic rings. The molecule has 1 fully saturated rings. The molecule has 252 valence electrons. The van der Waals surface area contributed by atoms with Crippen LogP contribution in [0.4, 0.5) is 18.9 Å². The van der Waals surface area contributed by atoms with Crippen LogP contribution in [0, 0.1) is 24.4 Å². The fraction of sp³-hybridized carbons (Fsp3) is 0.278. The number of amides is 1. The smallest absolute Gasteiger partial charge is 0.339 e. The zero-order valence-electron chi connectivity index (χ0n) is 26.2. The third-order valence-electron chi connectivity index (χ3n) is 8.67. The third kappa shape index (κ3) is 7.71. The summed E-state index contributed by atoms with van der Waals surface area (Å²) in [6, 6.07) is 18.0. The number of hydrogen-bond donors (Lipinski definition) is 2. The van der Waals surface area contributed by atoms with Gasteiger partial charge >= 0.3 is 5.97 Å². The van der Waals surface area contributed by atoms with Gasteiger partial charge in [0.1, 0.15) is 17.1 Å². The van der Waals surface area contributed by atoms with Gasteiger partial charge in [-0.2, -0.15) is 4.31 Å². The number of carboxylic acid groups (broad SMARTS) is 1. The van der Waals surface area contributed by atoms with E-state index in [2.05, 4.69) is 0 Å². The second-order valence-electron chi connectivity index (χ2n) is 12.0. The number of halogens is 3. The number of aromatic hydroxyl groups is 1. The minimum Gasteiger partial charge on any atom is -0.507 e. The van der Waals surface area contributed by atoms with Crippen LogP contribution in [0.15, 0.2) is 83.8 Å². The van der Waals surface area contributed by atoms with Gasteiger partial charge in [0, 0.05) is 23.9 Å². The van der Waals surface area contributed by atoms with Crippen LogP contribution in [0.5, 0.6) is 5.75 Å². The number of aromatic carboxylic acids is 1. The molecule has 2 N–H and O–H groups in total. The molecule has 1 aliphatic carbocycles. The van der Waals surface area contributed by atoms with Gasteiger partial charge in [-0.1, -0.05) is 61.2 Å². The van der Waals surface area contributed by atoms with Crippen molar-refractivity contribution in [1.82, 2.24) is 4.31 Å². The fourth-order valence-electron chi connectivity index (χ4n) is 5.92. The van der Waals surface area contributed by atoms with Crippen LogP contribution < -0.4 is 4.90 Å². The molecule has 0 atom stereocenters.